The summed E-state index contributed by atoms with van der Waals surface area (Å²) in [6.45, 7) is 3.24. The van der Waals surface area contributed by atoms with E-state index in [2.05, 4.69) is 25.2 Å². The molecule has 0 saturated carbocycles. The largest absolute Gasteiger partial charge is 0.351 e. The van der Waals surface area contributed by atoms with Gasteiger partial charge in [-0.15, -0.1) is 0 Å². The van der Waals surface area contributed by atoms with E-state index in [1.807, 2.05) is 44.3 Å². The van der Waals surface area contributed by atoms with Crippen LogP contribution in [0.2, 0.25) is 5.02 Å². The van der Waals surface area contributed by atoms with E-state index in [-0.39, 0.29) is 0 Å². The third-order valence-electron chi connectivity index (χ3n) is 3.17. The van der Waals surface area contributed by atoms with E-state index < -0.39 is 0 Å². The Hall–Kier alpha value is -2.14. The molecule has 0 aliphatic heterocycles. The number of guanidine groups is 1. The lowest BCUT2D eigenvalue weighted by Gasteiger charge is -2.22. The molecule has 0 atom stereocenters. The zero-order valence-electron chi connectivity index (χ0n) is 13.0. The molecule has 0 saturated heterocycles. The van der Waals surface area contributed by atoms with Gasteiger partial charge in [-0.25, -0.2) is 9.97 Å². The van der Waals surface area contributed by atoms with E-state index in [9.17, 15) is 0 Å². The fourth-order valence-electron chi connectivity index (χ4n) is 2.10. The Labute approximate surface area is 136 Å². The molecular weight excluding hydrogens is 298 g/mol. The van der Waals surface area contributed by atoms with Gasteiger partial charge in [-0.05, 0) is 30.7 Å². The average molecular weight is 318 g/mol. The van der Waals surface area contributed by atoms with Gasteiger partial charge < -0.3 is 10.2 Å². The summed E-state index contributed by atoms with van der Waals surface area (Å²) in [5.74, 6) is 1.58. The van der Waals surface area contributed by atoms with Crippen LogP contribution in [0.5, 0.6) is 0 Å². The standard InChI is InChI=1S/C16H20ClN5/c1-12-19-9-8-15(21-12)10-20-16(18-2)22(3)11-13-4-6-14(17)7-5-13/h4-9H,10-11H2,1-3H3,(H,18,20). The molecule has 6 heteroatoms. The van der Waals surface area contributed by atoms with Crippen molar-refractivity contribution in [3.05, 3.63) is 58.6 Å². The molecule has 0 fully saturated rings. The predicted molar refractivity (Wildman–Crippen MR) is 89.9 cm³/mol. The van der Waals surface area contributed by atoms with Crippen LogP contribution in [-0.2, 0) is 13.1 Å². The summed E-state index contributed by atoms with van der Waals surface area (Å²) in [6.07, 6.45) is 1.76. The van der Waals surface area contributed by atoms with Crippen molar-refractivity contribution >= 4 is 17.6 Å². The Morgan fingerprint density at radius 2 is 2.00 bits per heavy atom. The van der Waals surface area contributed by atoms with Crippen molar-refractivity contribution in [2.24, 2.45) is 4.99 Å². The van der Waals surface area contributed by atoms with Gasteiger partial charge in [0.1, 0.15) is 5.82 Å². The van der Waals surface area contributed by atoms with Crippen molar-refractivity contribution in [1.82, 2.24) is 20.2 Å². The van der Waals surface area contributed by atoms with Crippen LogP contribution in [0, 0.1) is 6.92 Å². The summed E-state index contributed by atoms with van der Waals surface area (Å²) < 4.78 is 0. The van der Waals surface area contributed by atoms with E-state index in [1.54, 1.807) is 13.2 Å². The Morgan fingerprint density at radius 1 is 1.27 bits per heavy atom. The summed E-state index contributed by atoms with van der Waals surface area (Å²) in [4.78, 5) is 14.8. The fraction of sp³-hybridized carbons (Fsp3) is 0.312. The maximum Gasteiger partial charge on any atom is 0.194 e. The van der Waals surface area contributed by atoms with Crippen molar-refractivity contribution < 1.29 is 0 Å². The van der Waals surface area contributed by atoms with Gasteiger partial charge in [0.25, 0.3) is 0 Å². The molecule has 0 aliphatic carbocycles. The van der Waals surface area contributed by atoms with Crippen molar-refractivity contribution in [2.75, 3.05) is 14.1 Å². The van der Waals surface area contributed by atoms with Crippen LogP contribution < -0.4 is 5.32 Å². The molecule has 0 radical (unpaired) electrons. The highest BCUT2D eigenvalue weighted by Gasteiger charge is 2.07. The smallest absolute Gasteiger partial charge is 0.194 e. The van der Waals surface area contributed by atoms with Gasteiger partial charge in [0, 0.05) is 31.9 Å². The first-order valence-corrected chi connectivity index (χ1v) is 7.41. The fourth-order valence-corrected chi connectivity index (χ4v) is 2.22. The molecule has 0 aliphatic rings. The average Bonchev–Trinajstić information content (AvgIpc) is 2.50. The van der Waals surface area contributed by atoms with Gasteiger partial charge in [-0.2, -0.15) is 0 Å². The Kier molecular flexibility index (Phi) is 5.72. The lowest BCUT2D eigenvalue weighted by Crippen LogP contribution is -2.38. The number of rotatable bonds is 4. The first kappa shape index (κ1) is 16.2. The van der Waals surface area contributed by atoms with Crippen LogP contribution in [-0.4, -0.2) is 34.9 Å². The van der Waals surface area contributed by atoms with Crippen molar-refractivity contribution in [3.63, 3.8) is 0 Å². The molecule has 5 nitrogen and oxygen atoms in total. The molecular formula is C16H20ClN5. The normalized spacial score (nSPS) is 11.4. The molecule has 1 heterocycles. The predicted octanol–water partition coefficient (Wildman–Crippen LogP) is 2.65. The first-order chi connectivity index (χ1) is 10.6. The molecule has 22 heavy (non-hydrogen) atoms. The summed E-state index contributed by atoms with van der Waals surface area (Å²) in [5.41, 5.74) is 2.11. The third-order valence-corrected chi connectivity index (χ3v) is 3.42. The number of hydrogen-bond acceptors (Lipinski definition) is 3. The minimum Gasteiger partial charge on any atom is -0.351 e. The molecule has 0 bridgehead atoms. The van der Waals surface area contributed by atoms with E-state index in [4.69, 9.17) is 11.6 Å². The number of aryl methyl sites for hydroxylation is 1. The first-order valence-electron chi connectivity index (χ1n) is 7.03. The molecule has 1 N–H and O–H groups in total. The Balaban J connectivity index is 1.94. The summed E-state index contributed by atoms with van der Waals surface area (Å²) in [7, 11) is 3.76. The molecule has 2 aromatic rings. The molecule has 0 unspecified atom stereocenters. The second-order valence-electron chi connectivity index (χ2n) is 4.98. The molecule has 0 amide bonds. The van der Waals surface area contributed by atoms with E-state index in [0.717, 1.165) is 29.0 Å². The molecule has 2 rings (SSSR count). The SMILES string of the molecule is CN=C(NCc1ccnc(C)n1)N(C)Cc1ccc(Cl)cc1. The molecule has 1 aromatic heterocycles. The number of nitrogens with one attached hydrogen (secondary N) is 1. The zero-order valence-corrected chi connectivity index (χ0v) is 13.8. The van der Waals surface area contributed by atoms with Gasteiger partial charge in [-0.3, -0.25) is 4.99 Å². The van der Waals surface area contributed by atoms with E-state index in [1.165, 1.54) is 5.56 Å². The second-order valence-corrected chi connectivity index (χ2v) is 5.41. The highest BCUT2D eigenvalue weighted by atomic mass is 35.5. The van der Waals surface area contributed by atoms with Crippen LogP contribution >= 0.6 is 11.6 Å². The Morgan fingerprint density at radius 3 is 2.64 bits per heavy atom. The van der Waals surface area contributed by atoms with Gasteiger partial charge in [0.05, 0.1) is 12.2 Å². The number of nitrogens with zero attached hydrogens (tertiary/aromatic N) is 4. The van der Waals surface area contributed by atoms with Crippen LogP contribution in [0.3, 0.4) is 0 Å². The lowest BCUT2D eigenvalue weighted by atomic mass is 10.2. The number of hydrogen-bond donors (Lipinski definition) is 1. The summed E-state index contributed by atoms with van der Waals surface area (Å²) >= 11 is 5.91. The lowest BCUT2D eigenvalue weighted by molar-refractivity contribution is 0.476. The van der Waals surface area contributed by atoms with Gasteiger partial charge in [0.2, 0.25) is 0 Å². The molecule has 1 aromatic carbocycles. The van der Waals surface area contributed by atoms with Crippen LogP contribution in [0.25, 0.3) is 0 Å². The topological polar surface area (TPSA) is 53.4 Å². The molecule has 116 valence electrons. The van der Waals surface area contributed by atoms with E-state index in [0.29, 0.717) is 6.54 Å². The van der Waals surface area contributed by atoms with Gasteiger partial charge in [0.15, 0.2) is 5.96 Å². The van der Waals surface area contributed by atoms with Crippen LogP contribution in [0.4, 0.5) is 0 Å². The zero-order chi connectivity index (χ0) is 15.9. The van der Waals surface area contributed by atoms with Crippen LogP contribution in [0.15, 0.2) is 41.5 Å². The maximum absolute atomic E-state index is 5.91. The third kappa shape index (κ3) is 4.70. The number of aromatic nitrogens is 2. The maximum atomic E-state index is 5.91. The van der Waals surface area contributed by atoms with Crippen molar-refractivity contribution in [1.29, 1.82) is 0 Å². The number of aliphatic imine (C=N–C) groups is 1. The summed E-state index contributed by atoms with van der Waals surface area (Å²) in [6, 6.07) is 9.71. The highest BCUT2D eigenvalue weighted by Crippen LogP contribution is 2.11. The molecule has 0 spiro atoms. The quantitative estimate of drug-likeness (QED) is 0.696. The van der Waals surface area contributed by atoms with E-state index >= 15 is 0 Å². The number of halogens is 1. The minimum absolute atomic E-state index is 0.612. The van der Waals surface area contributed by atoms with Crippen LogP contribution in [0.1, 0.15) is 17.1 Å². The second kappa shape index (κ2) is 7.75. The highest BCUT2D eigenvalue weighted by molar-refractivity contribution is 6.30. The number of benzene rings is 1. The summed E-state index contributed by atoms with van der Waals surface area (Å²) in [5, 5.41) is 4.05. The Bertz CT molecular complexity index is 639. The van der Waals surface area contributed by atoms with Crippen molar-refractivity contribution in [3.8, 4) is 0 Å². The monoisotopic (exact) mass is 317 g/mol. The van der Waals surface area contributed by atoms with Gasteiger partial charge in [-0.1, -0.05) is 23.7 Å². The van der Waals surface area contributed by atoms with Crippen molar-refractivity contribution in [2.45, 2.75) is 20.0 Å². The minimum atomic E-state index is 0.612. The van der Waals surface area contributed by atoms with Gasteiger partial charge >= 0.3 is 0 Å².